The minimum atomic E-state index is -0.374. The molecule has 0 saturated carbocycles. The molecule has 0 aliphatic rings. The Morgan fingerprint density at radius 1 is 1.53 bits per heavy atom. The Labute approximate surface area is 114 Å². The third-order valence-corrected chi connectivity index (χ3v) is 3.31. The summed E-state index contributed by atoms with van der Waals surface area (Å²) in [6.07, 6.45) is 4.44. The first-order valence-corrected chi connectivity index (χ1v) is 6.63. The van der Waals surface area contributed by atoms with Gasteiger partial charge in [0.05, 0.1) is 7.11 Å². The summed E-state index contributed by atoms with van der Waals surface area (Å²) in [5, 5.41) is 11.8. The van der Waals surface area contributed by atoms with E-state index in [-0.39, 0.29) is 12.5 Å². The number of esters is 1. The van der Waals surface area contributed by atoms with E-state index in [1.807, 2.05) is 18.3 Å². The van der Waals surface area contributed by atoms with E-state index in [1.54, 1.807) is 6.20 Å². The highest BCUT2D eigenvalue weighted by Gasteiger charge is 2.10. The first kappa shape index (κ1) is 13.5. The summed E-state index contributed by atoms with van der Waals surface area (Å²) in [4.78, 5) is 15.2. The number of thioether (sulfide) groups is 1. The lowest BCUT2D eigenvalue weighted by Gasteiger charge is -2.03. The number of pyridine rings is 1. The first-order chi connectivity index (χ1) is 9.29. The highest BCUT2D eigenvalue weighted by Crippen LogP contribution is 2.15. The summed E-state index contributed by atoms with van der Waals surface area (Å²) in [5.41, 5.74) is 1.15. The van der Waals surface area contributed by atoms with Gasteiger partial charge >= 0.3 is 5.97 Å². The summed E-state index contributed by atoms with van der Waals surface area (Å²) >= 11 is 1.49. The van der Waals surface area contributed by atoms with Crippen molar-refractivity contribution >= 4 is 17.7 Å². The topological polar surface area (TPSA) is 82.8 Å². The van der Waals surface area contributed by atoms with Crippen molar-refractivity contribution in [3.8, 4) is 0 Å². The summed E-state index contributed by atoms with van der Waals surface area (Å²) in [5.74, 6) is 0.439. The summed E-state index contributed by atoms with van der Waals surface area (Å²) in [7, 11) is 1.34. The van der Waals surface area contributed by atoms with Gasteiger partial charge in [-0.1, -0.05) is 17.8 Å². The highest BCUT2D eigenvalue weighted by atomic mass is 32.2. The minimum absolute atomic E-state index is 0.0265. The molecule has 0 amide bonds. The Bertz CT molecular complexity index is 531. The van der Waals surface area contributed by atoms with Crippen molar-refractivity contribution < 1.29 is 9.53 Å². The van der Waals surface area contributed by atoms with E-state index in [9.17, 15) is 4.79 Å². The summed E-state index contributed by atoms with van der Waals surface area (Å²) < 4.78 is 6.01. The maximum Gasteiger partial charge on any atom is 0.327 e. The molecule has 0 atom stereocenters. The van der Waals surface area contributed by atoms with Crippen LogP contribution in [0.2, 0.25) is 0 Å². The van der Waals surface area contributed by atoms with Gasteiger partial charge in [0.1, 0.15) is 6.54 Å². The van der Waals surface area contributed by atoms with E-state index in [0.717, 1.165) is 17.7 Å². The number of methoxy groups -OCH3 is 1. The largest absolute Gasteiger partial charge is 0.468 e. The Morgan fingerprint density at radius 2 is 2.42 bits per heavy atom. The molecule has 0 aliphatic heterocycles. The molecular formula is C11H13N5O2S. The van der Waals surface area contributed by atoms with Crippen LogP contribution in [-0.2, 0) is 22.5 Å². The SMILES string of the molecule is COC(=O)Cn1nnnc1SCCc1cccnc1. The smallest absolute Gasteiger partial charge is 0.327 e. The van der Waals surface area contributed by atoms with Crippen molar-refractivity contribution in [2.24, 2.45) is 0 Å². The maximum atomic E-state index is 11.2. The zero-order valence-corrected chi connectivity index (χ0v) is 11.2. The minimum Gasteiger partial charge on any atom is -0.468 e. The van der Waals surface area contributed by atoms with Crippen molar-refractivity contribution in [3.05, 3.63) is 30.1 Å². The van der Waals surface area contributed by atoms with Gasteiger partial charge in [0.15, 0.2) is 0 Å². The molecule has 0 spiro atoms. The number of tetrazole rings is 1. The molecule has 8 heteroatoms. The van der Waals surface area contributed by atoms with Crippen LogP contribution in [-0.4, -0.2) is 44.0 Å². The predicted molar refractivity (Wildman–Crippen MR) is 68.5 cm³/mol. The third kappa shape index (κ3) is 4.02. The van der Waals surface area contributed by atoms with E-state index in [2.05, 4.69) is 25.2 Å². The third-order valence-electron chi connectivity index (χ3n) is 2.35. The Kier molecular flexibility index (Phi) is 4.85. The average Bonchev–Trinajstić information content (AvgIpc) is 2.87. The molecule has 0 saturated heterocycles. The van der Waals surface area contributed by atoms with Crippen LogP contribution in [0.5, 0.6) is 0 Å². The van der Waals surface area contributed by atoms with E-state index in [1.165, 1.54) is 23.6 Å². The second kappa shape index (κ2) is 6.83. The molecule has 100 valence electrons. The predicted octanol–water partition coefficient (Wildman–Crippen LogP) is 0.576. The average molecular weight is 279 g/mol. The van der Waals surface area contributed by atoms with Crippen LogP contribution in [0, 0.1) is 0 Å². The van der Waals surface area contributed by atoms with Crippen LogP contribution >= 0.6 is 11.8 Å². The van der Waals surface area contributed by atoms with Crippen LogP contribution in [0.3, 0.4) is 0 Å². The molecule has 2 heterocycles. The number of rotatable bonds is 6. The van der Waals surface area contributed by atoms with Gasteiger partial charge in [-0.25, -0.2) is 4.68 Å². The molecule has 0 N–H and O–H groups in total. The van der Waals surface area contributed by atoms with Crippen LogP contribution < -0.4 is 0 Å². The van der Waals surface area contributed by atoms with Gasteiger partial charge in [-0.05, 0) is 28.5 Å². The van der Waals surface area contributed by atoms with Crippen molar-refractivity contribution in [2.45, 2.75) is 18.1 Å². The van der Waals surface area contributed by atoms with Gasteiger partial charge in [0, 0.05) is 18.1 Å². The van der Waals surface area contributed by atoms with Crippen molar-refractivity contribution in [2.75, 3.05) is 12.9 Å². The highest BCUT2D eigenvalue weighted by molar-refractivity contribution is 7.99. The monoisotopic (exact) mass is 279 g/mol. The number of nitrogens with zero attached hydrogens (tertiary/aromatic N) is 5. The van der Waals surface area contributed by atoms with Crippen molar-refractivity contribution in [1.82, 2.24) is 25.2 Å². The van der Waals surface area contributed by atoms with Gasteiger partial charge in [-0.3, -0.25) is 9.78 Å². The molecule has 0 fully saturated rings. The molecule has 0 unspecified atom stereocenters. The second-order valence-electron chi connectivity index (χ2n) is 3.65. The fourth-order valence-corrected chi connectivity index (χ4v) is 2.26. The van der Waals surface area contributed by atoms with Crippen molar-refractivity contribution in [1.29, 1.82) is 0 Å². The quantitative estimate of drug-likeness (QED) is 0.565. The molecule has 19 heavy (non-hydrogen) atoms. The zero-order valence-electron chi connectivity index (χ0n) is 10.4. The lowest BCUT2D eigenvalue weighted by atomic mass is 10.2. The van der Waals surface area contributed by atoms with Crippen molar-refractivity contribution in [3.63, 3.8) is 0 Å². The molecular weight excluding hydrogens is 266 g/mol. The molecule has 0 aromatic carbocycles. The molecule has 0 bridgehead atoms. The Hall–Kier alpha value is -1.96. The van der Waals surface area contributed by atoms with Crippen LogP contribution in [0.4, 0.5) is 0 Å². The molecule has 2 aromatic heterocycles. The van der Waals surface area contributed by atoms with E-state index < -0.39 is 0 Å². The number of ether oxygens (including phenoxy) is 1. The molecule has 0 radical (unpaired) electrons. The Morgan fingerprint density at radius 3 is 3.16 bits per heavy atom. The van der Waals surface area contributed by atoms with E-state index in [0.29, 0.717) is 5.16 Å². The maximum absolute atomic E-state index is 11.2. The number of hydrogen-bond acceptors (Lipinski definition) is 7. The number of carbonyl (C=O) groups is 1. The number of aromatic nitrogens is 5. The van der Waals surface area contributed by atoms with Gasteiger partial charge in [0.2, 0.25) is 5.16 Å². The van der Waals surface area contributed by atoms with E-state index >= 15 is 0 Å². The van der Waals surface area contributed by atoms with Gasteiger partial charge in [-0.2, -0.15) is 0 Å². The normalized spacial score (nSPS) is 10.4. The molecule has 2 rings (SSSR count). The zero-order chi connectivity index (χ0) is 13.5. The fourth-order valence-electron chi connectivity index (χ4n) is 1.39. The lowest BCUT2D eigenvalue weighted by Crippen LogP contribution is -2.13. The Balaban J connectivity index is 1.86. The standard InChI is InChI=1S/C11H13N5O2S/c1-18-10(17)8-16-11(13-14-15-16)19-6-4-9-3-2-5-12-7-9/h2-3,5,7H,4,6,8H2,1H3. The lowest BCUT2D eigenvalue weighted by molar-refractivity contribution is -0.141. The van der Waals surface area contributed by atoms with Gasteiger partial charge < -0.3 is 4.74 Å². The second-order valence-corrected chi connectivity index (χ2v) is 4.72. The summed E-state index contributed by atoms with van der Waals surface area (Å²) in [6, 6.07) is 3.92. The van der Waals surface area contributed by atoms with Crippen LogP contribution in [0.25, 0.3) is 0 Å². The summed E-state index contributed by atoms with van der Waals surface area (Å²) in [6.45, 7) is 0.0265. The van der Waals surface area contributed by atoms with Gasteiger partial charge in [-0.15, -0.1) is 5.10 Å². The van der Waals surface area contributed by atoms with Gasteiger partial charge in [0.25, 0.3) is 0 Å². The number of aryl methyl sites for hydroxylation is 1. The first-order valence-electron chi connectivity index (χ1n) is 5.64. The molecule has 0 aliphatic carbocycles. The van der Waals surface area contributed by atoms with E-state index in [4.69, 9.17) is 0 Å². The number of hydrogen-bond donors (Lipinski definition) is 0. The molecule has 7 nitrogen and oxygen atoms in total. The van der Waals surface area contributed by atoms with Crippen LogP contribution in [0.15, 0.2) is 29.7 Å². The number of carbonyl (C=O) groups excluding carboxylic acids is 1. The van der Waals surface area contributed by atoms with Crippen LogP contribution in [0.1, 0.15) is 5.56 Å². The fraction of sp³-hybridized carbons (Fsp3) is 0.364. The molecule has 2 aromatic rings.